The summed E-state index contributed by atoms with van der Waals surface area (Å²) < 4.78 is 14.4. The van der Waals surface area contributed by atoms with E-state index in [9.17, 15) is 9.18 Å². The second-order valence-electron chi connectivity index (χ2n) is 4.23. The van der Waals surface area contributed by atoms with E-state index >= 15 is 0 Å². The molecule has 4 heteroatoms. The molecule has 0 unspecified atom stereocenters. The van der Waals surface area contributed by atoms with Crippen LogP contribution in [0.2, 0.25) is 0 Å². The van der Waals surface area contributed by atoms with Crippen molar-refractivity contribution in [1.29, 1.82) is 0 Å². The third-order valence-electron chi connectivity index (χ3n) is 2.88. The van der Waals surface area contributed by atoms with E-state index in [1.54, 1.807) is 23.5 Å². The monoisotopic (exact) mass is 271 g/mol. The van der Waals surface area contributed by atoms with Crippen LogP contribution in [0.3, 0.4) is 0 Å². The predicted molar refractivity (Wildman–Crippen MR) is 74.2 cm³/mol. The molecule has 19 heavy (non-hydrogen) atoms. The molecular weight excluding hydrogens is 261 g/mol. The molecule has 2 nitrogen and oxygen atoms in total. The van der Waals surface area contributed by atoms with Crippen LogP contribution in [0.25, 0.3) is 10.2 Å². The third kappa shape index (κ3) is 2.39. The highest BCUT2D eigenvalue weighted by Gasteiger charge is 2.07. The third-order valence-corrected chi connectivity index (χ3v) is 3.92. The van der Waals surface area contributed by atoms with E-state index in [0.717, 1.165) is 20.8 Å². The molecule has 1 heterocycles. The normalized spacial score (nSPS) is 10.8. The van der Waals surface area contributed by atoms with Gasteiger partial charge in [-0.25, -0.2) is 9.37 Å². The molecule has 3 aromatic rings. The second-order valence-corrected chi connectivity index (χ2v) is 5.34. The van der Waals surface area contributed by atoms with E-state index in [2.05, 4.69) is 4.98 Å². The van der Waals surface area contributed by atoms with Crippen molar-refractivity contribution < 1.29 is 9.18 Å². The Hall–Kier alpha value is -2.07. The molecule has 3 rings (SSSR count). The van der Waals surface area contributed by atoms with Crippen LogP contribution in [-0.4, -0.2) is 11.3 Å². The number of rotatable bonds is 3. The van der Waals surface area contributed by atoms with Gasteiger partial charge in [0, 0.05) is 6.42 Å². The van der Waals surface area contributed by atoms with Gasteiger partial charge in [-0.05, 0) is 29.8 Å². The van der Waals surface area contributed by atoms with E-state index < -0.39 is 5.82 Å². The van der Waals surface area contributed by atoms with Crippen molar-refractivity contribution in [2.45, 2.75) is 6.42 Å². The average Bonchev–Trinajstić information content (AvgIpc) is 2.83. The fourth-order valence-electron chi connectivity index (χ4n) is 1.96. The van der Waals surface area contributed by atoms with E-state index in [1.807, 2.05) is 24.3 Å². The van der Waals surface area contributed by atoms with E-state index in [4.69, 9.17) is 0 Å². The number of benzene rings is 2. The molecule has 0 spiro atoms. The van der Waals surface area contributed by atoms with Gasteiger partial charge in [0.05, 0.1) is 20.8 Å². The molecule has 0 saturated heterocycles. The van der Waals surface area contributed by atoms with Crippen LogP contribution in [0.15, 0.2) is 42.5 Å². The SMILES string of the molecule is O=Cc1cc(Cc2nc3ccccc3s2)ccc1F. The molecule has 94 valence electrons. The molecular formula is C15H10FNOS. The number of halogens is 1. The number of hydrogen-bond donors (Lipinski definition) is 0. The zero-order chi connectivity index (χ0) is 13.2. The van der Waals surface area contributed by atoms with Gasteiger partial charge in [-0.3, -0.25) is 4.79 Å². The van der Waals surface area contributed by atoms with Crippen molar-refractivity contribution in [3.8, 4) is 0 Å². The Bertz CT molecular complexity index is 718. The van der Waals surface area contributed by atoms with Crippen LogP contribution in [-0.2, 0) is 6.42 Å². The highest BCUT2D eigenvalue weighted by molar-refractivity contribution is 7.18. The zero-order valence-electron chi connectivity index (χ0n) is 9.97. The van der Waals surface area contributed by atoms with E-state index in [0.29, 0.717) is 12.7 Å². The van der Waals surface area contributed by atoms with Crippen LogP contribution in [0, 0.1) is 5.82 Å². The standard InChI is InChI=1S/C15H10FNOS/c16-12-6-5-10(7-11(12)9-18)8-15-17-13-3-1-2-4-14(13)19-15/h1-7,9H,8H2. The Morgan fingerprint density at radius 1 is 1.21 bits per heavy atom. The predicted octanol–water partition coefficient (Wildman–Crippen LogP) is 3.84. The molecule has 0 saturated carbocycles. The number of aldehydes is 1. The summed E-state index contributed by atoms with van der Waals surface area (Å²) in [5, 5.41) is 0.963. The van der Waals surface area contributed by atoms with Gasteiger partial charge in [0.25, 0.3) is 0 Å². The maximum atomic E-state index is 13.2. The smallest absolute Gasteiger partial charge is 0.153 e. The van der Waals surface area contributed by atoms with Gasteiger partial charge >= 0.3 is 0 Å². The molecule has 0 aliphatic heterocycles. The fourth-order valence-corrected chi connectivity index (χ4v) is 2.97. The quantitative estimate of drug-likeness (QED) is 0.677. The number of aromatic nitrogens is 1. The van der Waals surface area contributed by atoms with Crippen molar-refractivity contribution in [3.05, 3.63) is 64.4 Å². The second kappa shape index (κ2) is 4.90. The molecule has 0 aliphatic rings. The Labute approximate surface area is 113 Å². The number of carbonyl (C=O) groups excluding carboxylic acids is 1. The molecule has 0 radical (unpaired) electrons. The van der Waals surface area contributed by atoms with E-state index in [1.165, 1.54) is 6.07 Å². The molecule has 0 fully saturated rings. The van der Waals surface area contributed by atoms with Crippen molar-refractivity contribution in [3.63, 3.8) is 0 Å². The van der Waals surface area contributed by atoms with Gasteiger partial charge in [0.1, 0.15) is 5.82 Å². The van der Waals surface area contributed by atoms with Gasteiger partial charge in [-0.15, -0.1) is 11.3 Å². The summed E-state index contributed by atoms with van der Waals surface area (Å²) in [5.41, 5.74) is 1.96. The summed E-state index contributed by atoms with van der Waals surface area (Å²) in [6, 6.07) is 12.5. The lowest BCUT2D eigenvalue weighted by molar-refractivity contribution is 0.111. The first kappa shape index (κ1) is 12.0. The number of fused-ring (bicyclic) bond motifs is 1. The highest BCUT2D eigenvalue weighted by atomic mass is 32.1. The lowest BCUT2D eigenvalue weighted by Crippen LogP contribution is -1.92. The van der Waals surface area contributed by atoms with Crippen LogP contribution in [0.1, 0.15) is 20.9 Å². The van der Waals surface area contributed by atoms with Gasteiger partial charge < -0.3 is 0 Å². The van der Waals surface area contributed by atoms with Gasteiger partial charge in [0.2, 0.25) is 0 Å². The molecule has 2 aromatic carbocycles. The van der Waals surface area contributed by atoms with Crippen molar-refractivity contribution in [2.75, 3.05) is 0 Å². The largest absolute Gasteiger partial charge is 0.298 e. The first-order chi connectivity index (χ1) is 9.26. The summed E-state index contributed by atoms with van der Waals surface area (Å²) >= 11 is 1.62. The summed E-state index contributed by atoms with van der Waals surface area (Å²) in [6.07, 6.45) is 1.15. The van der Waals surface area contributed by atoms with Crippen LogP contribution in [0.4, 0.5) is 4.39 Å². The number of nitrogens with zero attached hydrogens (tertiary/aromatic N) is 1. The Morgan fingerprint density at radius 2 is 2.05 bits per heavy atom. The summed E-state index contributed by atoms with van der Waals surface area (Å²) in [7, 11) is 0. The number of para-hydroxylation sites is 1. The number of hydrogen-bond acceptors (Lipinski definition) is 3. The first-order valence-electron chi connectivity index (χ1n) is 5.84. The van der Waals surface area contributed by atoms with Gasteiger partial charge in [-0.1, -0.05) is 18.2 Å². The Kier molecular flexibility index (Phi) is 3.09. The molecule has 0 atom stereocenters. The first-order valence-corrected chi connectivity index (χ1v) is 6.66. The minimum absolute atomic E-state index is 0.0959. The van der Waals surface area contributed by atoms with Gasteiger partial charge in [0.15, 0.2) is 6.29 Å². The molecule has 0 bridgehead atoms. The summed E-state index contributed by atoms with van der Waals surface area (Å²) in [4.78, 5) is 15.2. The summed E-state index contributed by atoms with van der Waals surface area (Å²) in [5.74, 6) is -0.483. The Balaban J connectivity index is 1.94. The average molecular weight is 271 g/mol. The topological polar surface area (TPSA) is 30.0 Å². The summed E-state index contributed by atoms with van der Waals surface area (Å²) in [6.45, 7) is 0. The number of thiazole rings is 1. The molecule has 0 amide bonds. The molecule has 0 N–H and O–H groups in total. The van der Waals surface area contributed by atoms with Crippen LogP contribution >= 0.6 is 11.3 Å². The van der Waals surface area contributed by atoms with Crippen LogP contribution in [0.5, 0.6) is 0 Å². The lowest BCUT2D eigenvalue weighted by atomic mass is 10.1. The van der Waals surface area contributed by atoms with E-state index in [-0.39, 0.29) is 5.56 Å². The maximum absolute atomic E-state index is 13.2. The minimum atomic E-state index is -0.483. The molecule has 0 aliphatic carbocycles. The van der Waals surface area contributed by atoms with Crippen LogP contribution < -0.4 is 0 Å². The van der Waals surface area contributed by atoms with Crippen molar-refractivity contribution in [2.24, 2.45) is 0 Å². The number of carbonyl (C=O) groups is 1. The highest BCUT2D eigenvalue weighted by Crippen LogP contribution is 2.24. The zero-order valence-corrected chi connectivity index (χ0v) is 10.8. The lowest BCUT2D eigenvalue weighted by Gasteiger charge is -2.00. The Morgan fingerprint density at radius 3 is 2.84 bits per heavy atom. The fraction of sp³-hybridized carbons (Fsp3) is 0.0667. The molecule has 1 aromatic heterocycles. The van der Waals surface area contributed by atoms with Crippen molar-refractivity contribution in [1.82, 2.24) is 4.98 Å². The van der Waals surface area contributed by atoms with Gasteiger partial charge in [-0.2, -0.15) is 0 Å². The van der Waals surface area contributed by atoms with Crippen molar-refractivity contribution >= 4 is 27.8 Å². The minimum Gasteiger partial charge on any atom is -0.298 e. The maximum Gasteiger partial charge on any atom is 0.153 e.